The first-order valence-electron chi connectivity index (χ1n) is 6.61. The van der Waals surface area contributed by atoms with Gasteiger partial charge in [-0.3, -0.25) is 4.98 Å². The number of aryl methyl sites for hydroxylation is 1. The van der Waals surface area contributed by atoms with Crippen LogP contribution in [0.2, 0.25) is 0 Å². The maximum absolute atomic E-state index is 11.4. The molecule has 4 heteroatoms. The molecule has 0 saturated heterocycles. The highest BCUT2D eigenvalue weighted by atomic mass is 16.4. The van der Waals surface area contributed by atoms with E-state index in [0.717, 1.165) is 23.5 Å². The quantitative estimate of drug-likeness (QED) is 0.907. The lowest BCUT2D eigenvalue weighted by Crippen LogP contribution is -2.25. The molecule has 104 valence electrons. The Bertz CT molecular complexity index is 597. The molecule has 2 rings (SSSR count). The van der Waals surface area contributed by atoms with Crippen LogP contribution in [-0.2, 0) is 6.54 Å². The molecule has 0 fully saturated rings. The topological polar surface area (TPSA) is 53.4 Å². The zero-order valence-corrected chi connectivity index (χ0v) is 11.7. The molecule has 1 heterocycles. The van der Waals surface area contributed by atoms with E-state index in [4.69, 9.17) is 0 Å². The average Bonchev–Trinajstić information content (AvgIpc) is 2.46. The van der Waals surface area contributed by atoms with E-state index in [9.17, 15) is 9.90 Å². The van der Waals surface area contributed by atoms with Gasteiger partial charge >= 0.3 is 5.97 Å². The second-order valence-electron chi connectivity index (χ2n) is 4.61. The van der Waals surface area contributed by atoms with Gasteiger partial charge in [0, 0.05) is 12.7 Å². The lowest BCUT2D eigenvalue weighted by molar-refractivity contribution is 0.0697. The Kier molecular flexibility index (Phi) is 4.35. The molecule has 4 nitrogen and oxygen atoms in total. The lowest BCUT2D eigenvalue weighted by atomic mass is 10.1. The number of anilines is 1. The molecule has 1 N–H and O–H groups in total. The standard InChI is InChI=1S/C16H18N2O2/c1-3-18(11-13-8-4-5-10-17-13)15-12(2)7-6-9-14(15)16(19)20/h4-10H,3,11H2,1-2H3,(H,19,20). The minimum atomic E-state index is -0.900. The number of pyridine rings is 1. The van der Waals surface area contributed by atoms with E-state index in [0.29, 0.717) is 12.1 Å². The van der Waals surface area contributed by atoms with Crippen LogP contribution in [0.5, 0.6) is 0 Å². The van der Waals surface area contributed by atoms with Gasteiger partial charge in [0.05, 0.1) is 23.5 Å². The fraction of sp³-hybridized carbons (Fsp3) is 0.250. The van der Waals surface area contributed by atoms with Gasteiger partial charge in [-0.05, 0) is 37.6 Å². The van der Waals surface area contributed by atoms with Crippen molar-refractivity contribution in [3.05, 3.63) is 59.4 Å². The van der Waals surface area contributed by atoms with E-state index in [1.165, 1.54) is 0 Å². The molecule has 0 atom stereocenters. The van der Waals surface area contributed by atoms with Gasteiger partial charge in [0.2, 0.25) is 0 Å². The van der Waals surface area contributed by atoms with Crippen LogP contribution >= 0.6 is 0 Å². The molecular weight excluding hydrogens is 252 g/mol. The number of aromatic nitrogens is 1. The van der Waals surface area contributed by atoms with Gasteiger partial charge in [0.25, 0.3) is 0 Å². The molecule has 0 aliphatic heterocycles. The highest BCUT2D eigenvalue weighted by molar-refractivity contribution is 5.95. The summed E-state index contributed by atoms with van der Waals surface area (Å²) in [7, 11) is 0. The van der Waals surface area contributed by atoms with E-state index in [-0.39, 0.29) is 0 Å². The van der Waals surface area contributed by atoms with E-state index >= 15 is 0 Å². The summed E-state index contributed by atoms with van der Waals surface area (Å²) in [5.74, 6) is -0.900. The van der Waals surface area contributed by atoms with Crippen molar-refractivity contribution in [2.24, 2.45) is 0 Å². The van der Waals surface area contributed by atoms with E-state index in [1.54, 1.807) is 18.3 Å². The van der Waals surface area contributed by atoms with E-state index in [2.05, 4.69) is 4.98 Å². The van der Waals surface area contributed by atoms with Crippen molar-refractivity contribution in [1.29, 1.82) is 0 Å². The Morgan fingerprint density at radius 2 is 2.05 bits per heavy atom. The van der Waals surface area contributed by atoms with Gasteiger partial charge in [-0.25, -0.2) is 4.79 Å². The fourth-order valence-electron chi connectivity index (χ4n) is 2.29. The number of rotatable bonds is 5. The molecule has 0 aliphatic rings. The van der Waals surface area contributed by atoms with E-state index in [1.807, 2.05) is 43.0 Å². The Balaban J connectivity index is 2.39. The largest absolute Gasteiger partial charge is 0.478 e. The first-order chi connectivity index (χ1) is 9.63. The minimum Gasteiger partial charge on any atom is -0.478 e. The maximum atomic E-state index is 11.4. The molecule has 0 aliphatic carbocycles. The van der Waals surface area contributed by atoms with Gasteiger partial charge < -0.3 is 10.0 Å². The number of hydrogen-bond donors (Lipinski definition) is 1. The zero-order chi connectivity index (χ0) is 14.5. The van der Waals surface area contributed by atoms with Gasteiger partial charge in [-0.1, -0.05) is 18.2 Å². The number of carbonyl (C=O) groups is 1. The van der Waals surface area contributed by atoms with Crippen molar-refractivity contribution < 1.29 is 9.90 Å². The molecule has 20 heavy (non-hydrogen) atoms. The van der Waals surface area contributed by atoms with Crippen molar-refractivity contribution in [2.45, 2.75) is 20.4 Å². The maximum Gasteiger partial charge on any atom is 0.337 e. The Morgan fingerprint density at radius 3 is 2.65 bits per heavy atom. The summed E-state index contributed by atoms with van der Waals surface area (Å²) < 4.78 is 0. The number of carboxylic acid groups (broad SMARTS) is 1. The summed E-state index contributed by atoms with van der Waals surface area (Å²) in [6.07, 6.45) is 1.75. The number of nitrogens with zero attached hydrogens (tertiary/aromatic N) is 2. The third kappa shape index (κ3) is 2.96. The van der Waals surface area contributed by atoms with Crippen LogP contribution < -0.4 is 4.90 Å². The van der Waals surface area contributed by atoms with Crippen molar-refractivity contribution in [2.75, 3.05) is 11.4 Å². The molecule has 0 amide bonds. The van der Waals surface area contributed by atoms with Crippen LogP contribution in [0, 0.1) is 6.92 Å². The molecular formula is C16H18N2O2. The summed E-state index contributed by atoms with van der Waals surface area (Å²) in [6.45, 7) is 5.27. The first kappa shape index (κ1) is 14.1. The van der Waals surface area contributed by atoms with Gasteiger partial charge in [-0.2, -0.15) is 0 Å². The predicted molar refractivity (Wildman–Crippen MR) is 79.1 cm³/mol. The summed E-state index contributed by atoms with van der Waals surface area (Å²) in [5.41, 5.74) is 2.99. The molecule has 0 radical (unpaired) electrons. The zero-order valence-electron chi connectivity index (χ0n) is 11.7. The molecule has 0 unspecified atom stereocenters. The second kappa shape index (κ2) is 6.19. The van der Waals surface area contributed by atoms with Gasteiger partial charge in [0.15, 0.2) is 0 Å². The predicted octanol–water partition coefficient (Wildman–Crippen LogP) is 3.11. The van der Waals surface area contributed by atoms with E-state index < -0.39 is 5.97 Å². The summed E-state index contributed by atoms with van der Waals surface area (Å²) in [4.78, 5) is 17.8. The SMILES string of the molecule is CCN(Cc1ccccn1)c1c(C)cccc1C(=O)O. The van der Waals surface area contributed by atoms with Crippen molar-refractivity contribution in [3.63, 3.8) is 0 Å². The summed E-state index contributed by atoms with van der Waals surface area (Å²) >= 11 is 0. The fourth-order valence-corrected chi connectivity index (χ4v) is 2.29. The second-order valence-corrected chi connectivity index (χ2v) is 4.61. The molecule has 0 spiro atoms. The first-order valence-corrected chi connectivity index (χ1v) is 6.61. The molecule has 0 bridgehead atoms. The summed E-state index contributed by atoms with van der Waals surface area (Å²) in [6, 6.07) is 11.1. The highest BCUT2D eigenvalue weighted by Crippen LogP contribution is 2.26. The Labute approximate surface area is 118 Å². The van der Waals surface area contributed by atoms with Crippen LogP contribution in [0.15, 0.2) is 42.6 Å². The lowest BCUT2D eigenvalue weighted by Gasteiger charge is -2.26. The third-order valence-electron chi connectivity index (χ3n) is 3.25. The van der Waals surface area contributed by atoms with Crippen LogP contribution in [0.4, 0.5) is 5.69 Å². The van der Waals surface area contributed by atoms with Gasteiger partial charge in [0.1, 0.15) is 0 Å². The smallest absolute Gasteiger partial charge is 0.337 e. The molecule has 1 aromatic carbocycles. The molecule has 2 aromatic rings. The third-order valence-corrected chi connectivity index (χ3v) is 3.25. The highest BCUT2D eigenvalue weighted by Gasteiger charge is 2.17. The Morgan fingerprint density at radius 1 is 1.25 bits per heavy atom. The van der Waals surface area contributed by atoms with Crippen molar-refractivity contribution >= 4 is 11.7 Å². The number of para-hydroxylation sites is 1. The number of hydrogen-bond acceptors (Lipinski definition) is 3. The van der Waals surface area contributed by atoms with Gasteiger partial charge in [-0.15, -0.1) is 0 Å². The number of carboxylic acids is 1. The van der Waals surface area contributed by atoms with Crippen LogP contribution in [0.25, 0.3) is 0 Å². The molecule has 1 aromatic heterocycles. The summed E-state index contributed by atoms with van der Waals surface area (Å²) in [5, 5.41) is 9.36. The number of aromatic carboxylic acids is 1. The Hall–Kier alpha value is -2.36. The van der Waals surface area contributed by atoms with Crippen molar-refractivity contribution in [1.82, 2.24) is 4.98 Å². The normalized spacial score (nSPS) is 10.3. The average molecular weight is 270 g/mol. The van der Waals surface area contributed by atoms with Crippen LogP contribution in [0.1, 0.15) is 28.5 Å². The van der Waals surface area contributed by atoms with Crippen LogP contribution in [0.3, 0.4) is 0 Å². The van der Waals surface area contributed by atoms with Crippen LogP contribution in [-0.4, -0.2) is 22.6 Å². The minimum absolute atomic E-state index is 0.336. The molecule has 0 saturated carbocycles. The monoisotopic (exact) mass is 270 g/mol. The van der Waals surface area contributed by atoms with Crippen molar-refractivity contribution in [3.8, 4) is 0 Å². The number of benzene rings is 1.